The van der Waals surface area contributed by atoms with Crippen LogP contribution in [0.15, 0.2) is 16.6 Å². The summed E-state index contributed by atoms with van der Waals surface area (Å²) >= 11 is 2.84. The number of hydrogen-bond donors (Lipinski definition) is 3. The summed E-state index contributed by atoms with van der Waals surface area (Å²) in [5.74, 6) is -0.925. The maximum absolute atomic E-state index is 13.4. The Bertz CT molecular complexity index is 456. The van der Waals surface area contributed by atoms with Crippen LogP contribution in [0.1, 0.15) is 0 Å². The molecular weight excluding hydrogens is 350 g/mol. The molecule has 0 aliphatic rings. The number of anilines is 1. The molecule has 0 saturated carbocycles. The minimum atomic E-state index is -4.53. The van der Waals surface area contributed by atoms with Crippen molar-refractivity contribution in [2.45, 2.75) is 12.3 Å². The first kappa shape index (κ1) is 17.0. The predicted octanol–water partition coefficient (Wildman–Crippen LogP) is 2.29. The monoisotopic (exact) mass is 361 g/mol. The van der Waals surface area contributed by atoms with Crippen molar-refractivity contribution in [1.29, 1.82) is 0 Å². The molecule has 1 unspecified atom stereocenters. The van der Waals surface area contributed by atoms with E-state index in [2.05, 4.69) is 26.0 Å². The molecule has 9 heteroatoms. The second-order valence-electron chi connectivity index (χ2n) is 3.88. The molecule has 0 aliphatic heterocycles. The zero-order valence-electron chi connectivity index (χ0n) is 10.0. The molecule has 0 fully saturated rings. The van der Waals surface area contributed by atoms with Gasteiger partial charge in [-0.05, 0) is 22.0 Å². The van der Waals surface area contributed by atoms with Gasteiger partial charge in [0.25, 0.3) is 0 Å². The molecule has 0 spiro atoms. The van der Waals surface area contributed by atoms with Gasteiger partial charge in [0.15, 0.2) is 6.61 Å². The molecule has 20 heavy (non-hydrogen) atoms. The number of benzene rings is 1. The number of nitrogens with one attached hydrogen (secondary N) is 1. The zero-order valence-corrected chi connectivity index (χ0v) is 11.6. The lowest BCUT2D eigenvalue weighted by molar-refractivity contribution is -0.153. The summed E-state index contributed by atoms with van der Waals surface area (Å²) in [6.07, 6.45) is -5.65. The highest BCUT2D eigenvalue weighted by molar-refractivity contribution is 9.10. The van der Waals surface area contributed by atoms with Crippen LogP contribution >= 0.6 is 15.9 Å². The largest absolute Gasteiger partial charge is 0.482 e. The van der Waals surface area contributed by atoms with Gasteiger partial charge in [-0.15, -0.1) is 0 Å². The van der Waals surface area contributed by atoms with Crippen LogP contribution < -0.4 is 10.1 Å². The molecule has 1 rings (SSSR count). The van der Waals surface area contributed by atoms with Gasteiger partial charge in [0.2, 0.25) is 0 Å². The van der Waals surface area contributed by atoms with E-state index in [0.29, 0.717) is 0 Å². The van der Waals surface area contributed by atoms with E-state index in [4.69, 9.17) is 10.2 Å². The Kier molecular flexibility index (Phi) is 6.03. The zero-order chi connectivity index (χ0) is 15.3. The molecular formula is C11H12BrF4NO3. The number of aliphatic hydroxyl groups is 2. The van der Waals surface area contributed by atoms with E-state index in [0.717, 1.165) is 12.1 Å². The minimum absolute atomic E-state index is 0.0528. The van der Waals surface area contributed by atoms with Gasteiger partial charge in [0.1, 0.15) is 11.6 Å². The van der Waals surface area contributed by atoms with Crippen molar-refractivity contribution in [3.05, 3.63) is 22.4 Å². The van der Waals surface area contributed by atoms with E-state index in [9.17, 15) is 17.6 Å². The fraction of sp³-hybridized carbons (Fsp3) is 0.455. The van der Waals surface area contributed by atoms with Crippen molar-refractivity contribution in [3.8, 4) is 5.75 Å². The highest BCUT2D eigenvalue weighted by Gasteiger charge is 2.29. The number of ether oxygens (including phenoxy) is 1. The van der Waals surface area contributed by atoms with Crippen molar-refractivity contribution in [2.24, 2.45) is 0 Å². The number of rotatable bonds is 6. The smallest absolute Gasteiger partial charge is 0.422 e. The maximum atomic E-state index is 13.4. The average molecular weight is 362 g/mol. The van der Waals surface area contributed by atoms with Crippen molar-refractivity contribution >= 4 is 21.6 Å². The molecule has 1 aromatic carbocycles. The van der Waals surface area contributed by atoms with Crippen molar-refractivity contribution in [2.75, 3.05) is 25.1 Å². The Labute approximate surface area is 120 Å². The highest BCUT2D eigenvalue weighted by atomic mass is 79.9. The molecule has 114 valence electrons. The summed E-state index contributed by atoms with van der Waals surface area (Å²) < 4.78 is 54.2. The lowest BCUT2D eigenvalue weighted by Gasteiger charge is -2.16. The number of aliphatic hydroxyl groups excluding tert-OH is 2. The SMILES string of the molecule is OCC(O)CNc1cc(F)c(Br)cc1OCC(F)(F)F. The van der Waals surface area contributed by atoms with Crippen LogP contribution in [0.5, 0.6) is 5.75 Å². The molecule has 0 aromatic heterocycles. The molecule has 3 N–H and O–H groups in total. The molecule has 0 bridgehead atoms. The van der Waals surface area contributed by atoms with E-state index in [1.807, 2.05) is 0 Å². The van der Waals surface area contributed by atoms with Gasteiger partial charge in [-0.25, -0.2) is 4.39 Å². The topological polar surface area (TPSA) is 61.7 Å². The van der Waals surface area contributed by atoms with Crippen molar-refractivity contribution in [1.82, 2.24) is 0 Å². The molecule has 0 aliphatic carbocycles. The van der Waals surface area contributed by atoms with Crippen LogP contribution in [0.3, 0.4) is 0 Å². The summed E-state index contributed by atoms with van der Waals surface area (Å²) in [4.78, 5) is 0. The first-order valence-electron chi connectivity index (χ1n) is 5.44. The summed E-state index contributed by atoms with van der Waals surface area (Å²) in [7, 11) is 0. The third-order valence-electron chi connectivity index (χ3n) is 2.15. The maximum Gasteiger partial charge on any atom is 0.422 e. The van der Waals surface area contributed by atoms with E-state index >= 15 is 0 Å². The van der Waals surface area contributed by atoms with Crippen molar-refractivity contribution in [3.63, 3.8) is 0 Å². The summed E-state index contributed by atoms with van der Waals surface area (Å²) in [6.45, 7) is -2.23. The van der Waals surface area contributed by atoms with Gasteiger partial charge < -0.3 is 20.3 Å². The van der Waals surface area contributed by atoms with E-state index in [-0.39, 0.29) is 22.5 Å². The first-order chi connectivity index (χ1) is 9.23. The second-order valence-corrected chi connectivity index (χ2v) is 4.74. The van der Waals surface area contributed by atoms with Gasteiger partial charge >= 0.3 is 6.18 Å². The van der Waals surface area contributed by atoms with E-state index in [1.165, 1.54) is 0 Å². The van der Waals surface area contributed by atoms with Crippen LogP contribution in [-0.4, -0.2) is 42.3 Å². The Morgan fingerprint density at radius 1 is 1.35 bits per heavy atom. The van der Waals surface area contributed by atoms with Crippen LogP contribution in [0.4, 0.5) is 23.2 Å². The second kappa shape index (κ2) is 7.09. The standard InChI is InChI=1S/C11H12BrF4NO3/c12-7-1-10(20-5-11(14,15)16)9(2-8(7)13)17-3-6(19)4-18/h1-2,6,17-19H,3-5H2. The van der Waals surface area contributed by atoms with Gasteiger partial charge in [-0.3, -0.25) is 0 Å². The normalized spacial score (nSPS) is 13.2. The van der Waals surface area contributed by atoms with Crippen LogP contribution in [-0.2, 0) is 0 Å². The number of halogens is 5. The first-order valence-corrected chi connectivity index (χ1v) is 6.23. The van der Waals surface area contributed by atoms with E-state index in [1.54, 1.807) is 0 Å². The lowest BCUT2D eigenvalue weighted by atomic mass is 10.2. The fourth-order valence-corrected chi connectivity index (χ4v) is 1.56. The molecule has 1 atom stereocenters. The van der Waals surface area contributed by atoms with Gasteiger partial charge in [0, 0.05) is 12.6 Å². The van der Waals surface area contributed by atoms with E-state index < -0.39 is 31.3 Å². The van der Waals surface area contributed by atoms with Crippen LogP contribution in [0, 0.1) is 5.82 Å². The Morgan fingerprint density at radius 2 is 2.00 bits per heavy atom. The third kappa shape index (κ3) is 5.51. The van der Waals surface area contributed by atoms with Gasteiger partial charge in [0.05, 0.1) is 22.9 Å². The van der Waals surface area contributed by atoms with Crippen molar-refractivity contribution < 1.29 is 32.5 Å². The molecule has 1 aromatic rings. The Balaban J connectivity index is 2.86. The number of hydrogen-bond acceptors (Lipinski definition) is 4. The summed E-state index contributed by atoms with van der Waals surface area (Å²) in [5, 5.41) is 20.3. The Hall–Kier alpha value is -1.06. The van der Waals surface area contributed by atoms with Gasteiger partial charge in [-0.2, -0.15) is 13.2 Å². The number of alkyl halides is 3. The van der Waals surface area contributed by atoms with Crippen LogP contribution in [0.2, 0.25) is 0 Å². The highest BCUT2D eigenvalue weighted by Crippen LogP contribution is 2.32. The molecule has 0 radical (unpaired) electrons. The lowest BCUT2D eigenvalue weighted by Crippen LogP contribution is -2.24. The average Bonchev–Trinajstić information content (AvgIpc) is 2.36. The minimum Gasteiger partial charge on any atom is -0.482 e. The molecule has 0 amide bonds. The molecule has 4 nitrogen and oxygen atoms in total. The summed E-state index contributed by atoms with van der Waals surface area (Å²) in [6, 6.07) is 1.98. The molecule has 0 saturated heterocycles. The molecule has 0 heterocycles. The van der Waals surface area contributed by atoms with Crippen LogP contribution in [0.25, 0.3) is 0 Å². The predicted molar refractivity (Wildman–Crippen MR) is 67.2 cm³/mol. The fourth-order valence-electron chi connectivity index (χ4n) is 1.24. The Morgan fingerprint density at radius 3 is 2.55 bits per heavy atom. The summed E-state index contributed by atoms with van der Waals surface area (Å²) in [5.41, 5.74) is -0.0533. The quantitative estimate of drug-likeness (QED) is 0.680. The van der Waals surface area contributed by atoms with Gasteiger partial charge in [-0.1, -0.05) is 0 Å². The third-order valence-corrected chi connectivity index (χ3v) is 2.76.